The van der Waals surface area contributed by atoms with E-state index in [1.165, 1.54) is 72.5 Å². The third-order valence-corrected chi connectivity index (χ3v) is 10.5. The summed E-state index contributed by atoms with van der Waals surface area (Å²) in [6.45, 7) is 9.19. The van der Waals surface area contributed by atoms with Gasteiger partial charge in [-0.1, -0.05) is 158 Å². The van der Waals surface area contributed by atoms with Crippen molar-refractivity contribution in [2.45, 2.75) is 45.7 Å². The summed E-state index contributed by atoms with van der Waals surface area (Å²) in [6, 6.07) is 72.9. The highest BCUT2D eigenvalue weighted by Crippen LogP contribution is 2.39. The van der Waals surface area contributed by atoms with Gasteiger partial charge in [-0.05, 0) is 121 Å². The Labute approximate surface area is 327 Å². The summed E-state index contributed by atoms with van der Waals surface area (Å²) < 4.78 is 0. The van der Waals surface area contributed by atoms with E-state index in [1.54, 1.807) is 0 Å². The first kappa shape index (κ1) is 35.6. The van der Waals surface area contributed by atoms with Crippen molar-refractivity contribution in [3.8, 4) is 33.4 Å². The van der Waals surface area contributed by atoms with Crippen molar-refractivity contribution in [3.63, 3.8) is 0 Å². The molecule has 0 aliphatic heterocycles. The monoisotopic (exact) mass is 712 g/mol. The highest BCUT2D eigenvalue weighted by molar-refractivity contribution is 5.96. The van der Waals surface area contributed by atoms with Crippen molar-refractivity contribution in [2.75, 3.05) is 9.80 Å². The molecule has 55 heavy (non-hydrogen) atoms. The molecule has 270 valence electrons. The van der Waals surface area contributed by atoms with Crippen LogP contribution in [0.3, 0.4) is 0 Å². The third kappa shape index (κ3) is 7.81. The fourth-order valence-corrected chi connectivity index (χ4v) is 7.95. The summed E-state index contributed by atoms with van der Waals surface area (Å²) >= 11 is 0. The van der Waals surface area contributed by atoms with Crippen LogP contribution in [0.15, 0.2) is 200 Å². The minimum absolute atomic E-state index is 0.114. The van der Waals surface area contributed by atoms with Gasteiger partial charge in [0.15, 0.2) is 0 Å². The van der Waals surface area contributed by atoms with Crippen molar-refractivity contribution in [2.24, 2.45) is 0 Å². The molecule has 2 nitrogen and oxygen atoms in total. The summed E-state index contributed by atoms with van der Waals surface area (Å²) in [5.74, 6) is 0. The average Bonchev–Trinajstić information content (AvgIpc) is 3.22. The van der Waals surface area contributed by atoms with Gasteiger partial charge < -0.3 is 9.80 Å². The molecule has 0 aromatic heterocycles. The highest BCUT2D eigenvalue weighted by Gasteiger charge is 2.25. The predicted molar refractivity (Wildman–Crippen MR) is 237 cm³/mol. The Hall–Kier alpha value is -6.38. The number of hydrogen-bond donors (Lipinski definition) is 0. The lowest BCUT2D eigenvalue weighted by Crippen LogP contribution is -2.37. The van der Waals surface area contributed by atoms with Gasteiger partial charge in [0.05, 0.1) is 0 Å². The lowest BCUT2D eigenvalue weighted by molar-refractivity contribution is 0.561. The molecule has 0 saturated carbocycles. The number of fused-ring (bicyclic) bond motifs is 1. The van der Waals surface area contributed by atoms with Gasteiger partial charge >= 0.3 is 0 Å². The molecule has 0 saturated heterocycles. The fraction of sp³-hybridized carbons (Fsp3) is 0.132. The molecule has 0 heterocycles. The molecule has 0 aliphatic carbocycles. The van der Waals surface area contributed by atoms with E-state index < -0.39 is 0 Å². The topological polar surface area (TPSA) is 6.48 Å². The predicted octanol–water partition coefficient (Wildman–Crippen LogP) is 14.5. The normalized spacial score (nSPS) is 12.0. The largest absolute Gasteiger partial charge is 0.338 e. The smallest absolute Gasteiger partial charge is 0.0495 e. The zero-order chi connectivity index (χ0) is 37.8. The molecule has 8 rings (SSSR count). The first-order valence-corrected chi connectivity index (χ1v) is 19.4. The number of benzene rings is 8. The van der Waals surface area contributed by atoms with Crippen LogP contribution in [-0.4, -0.2) is 11.6 Å². The van der Waals surface area contributed by atoms with Gasteiger partial charge in [-0.15, -0.1) is 0 Å². The zero-order valence-electron chi connectivity index (χ0n) is 32.2. The number of rotatable bonds is 10. The van der Waals surface area contributed by atoms with Crippen LogP contribution in [0.1, 0.15) is 33.3 Å². The highest BCUT2D eigenvalue weighted by atomic mass is 15.2. The van der Waals surface area contributed by atoms with Crippen LogP contribution in [0, 0.1) is 0 Å². The molecule has 1 atom stereocenters. The minimum atomic E-state index is -0.114. The van der Waals surface area contributed by atoms with E-state index in [0.29, 0.717) is 0 Å². The first-order valence-electron chi connectivity index (χ1n) is 19.4. The van der Waals surface area contributed by atoms with E-state index in [0.717, 1.165) is 6.42 Å². The molecule has 0 aliphatic rings. The molecule has 0 bridgehead atoms. The molecular weight excluding hydrogens is 665 g/mol. The Morgan fingerprint density at radius 3 is 1.42 bits per heavy atom. The van der Waals surface area contributed by atoms with Crippen LogP contribution >= 0.6 is 0 Å². The van der Waals surface area contributed by atoms with Crippen LogP contribution in [0.2, 0.25) is 0 Å². The van der Waals surface area contributed by atoms with Crippen molar-refractivity contribution in [3.05, 3.63) is 206 Å². The summed E-state index contributed by atoms with van der Waals surface area (Å²) in [4.78, 5) is 4.95. The maximum absolute atomic E-state index is 2.49. The Morgan fingerprint density at radius 1 is 0.418 bits per heavy atom. The summed E-state index contributed by atoms with van der Waals surface area (Å²) in [5.41, 5.74) is 13.3. The van der Waals surface area contributed by atoms with Gasteiger partial charge in [-0.25, -0.2) is 0 Å². The fourth-order valence-electron chi connectivity index (χ4n) is 7.95. The first-order chi connectivity index (χ1) is 26.8. The summed E-state index contributed by atoms with van der Waals surface area (Å²) in [6.07, 6.45) is 0.895. The average molecular weight is 713 g/mol. The van der Waals surface area contributed by atoms with Crippen LogP contribution in [-0.2, 0) is 6.42 Å². The Kier molecular flexibility index (Phi) is 10.1. The standard InChI is InChI=1S/C53H48N2/c1-39(54(48-31-25-43(26-32-48)41-16-7-5-8-17-41)49-33-27-44(28-34-49)42-18-9-6-10-19-42)37-40-15-13-22-47(38-40)45-29-35-50(36-30-45)55(53(2,3)4)52-24-14-21-46-20-11-12-23-51(46)52/h5-36,38-39H,37H2,1-4H3. The van der Waals surface area contributed by atoms with Crippen LogP contribution < -0.4 is 9.80 Å². The van der Waals surface area contributed by atoms with Gasteiger partial charge in [-0.3, -0.25) is 0 Å². The number of hydrogen-bond acceptors (Lipinski definition) is 2. The molecular formula is C53H48N2. The second kappa shape index (κ2) is 15.5. The van der Waals surface area contributed by atoms with E-state index in [1.807, 2.05) is 0 Å². The lowest BCUT2D eigenvalue weighted by Gasteiger charge is -2.38. The third-order valence-electron chi connectivity index (χ3n) is 10.5. The van der Waals surface area contributed by atoms with E-state index in [-0.39, 0.29) is 11.6 Å². The molecule has 0 spiro atoms. The molecule has 8 aromatic rings. The van der Waals surface area contributed by atoms with Crippen molar-refractivity contribution in [1.82, 2.24) is 0 Å². The maximum Gasteiger partial charge on any atom is 0.0495 e. The van der Waals surface area contributed by atoms with Crippen molar-refractivity contribution < 1.29 is 0 Å². The second-order valence-corrected chi connectivity index (χ2v) is 15.5. The van der Waals surface area contributed by atoms with E-state index in [4.69, 9.17) is 0 Å². The van der Waals surface area contributed by atoms with Crippen LogP contribution in [0.4, 0.5) is 22.7 Å². The Bertz CT molecular complexity index is 2390. The number of nitrogens with zero attached hydrogens (tertiary/aromatic N) is 2. The van der Waals surface area contributed by atoms with Crippen LogP contribution in [0.5, 0.6) is 0 Å². The quantitative estimate of drug-likeness (QED) is 0.139. The van der Waals surface area contributed by atoms with Crippen molar-refractivity contribution in [1.29, 1.82) is 0 Å². The van der Waals surface area contributed by atoms with Gasteiger partial charge in [0, 0.05) is 39.7 Å². The lowest BCUT2D eigenvalue weighted by atomic mass is 9.97. The SMILES string of the molecule is CC(Cc1cccc(-c2ccc(N(c3cccc4ccccc34)C(C)(C)C)cc2)c1)N(c1ccc(-c2ccccc2)cc1)c1ccc(-c2ccccc2)cc1. The molecule has 0 N–H and O–H groups in total. The molecule has 0 fully saturated rings. The molecule has 0 radical (unpaired) electrons. The van der Waals surface area contributed by atoms with Gasteiger partial charge in [0.1, 0.15) is 0 Å². The van der Waals surface area contributed by atoms with Gasteiger partial charge in [-0.2, -0.15) is 0 Å². The molecule has 2 heteroatoms. The van der Waals surface area contributed by atoms with E-state index >= 15 is 0 Å². The van der Waals surface area contributed by atoms with Crippen LogP contribution in [0.25, 0.3) is 44.2 Å². The second-order valence-electron chi connectivity index (χ2n) is 15.5. The maximum atomic E-state index is 2.49. The van der Waals surface area contributed by atoms with E-state index in [2.05, 4.69) is 238 Å². The molecule has 1 unspecified atom stereocenters. The minimum Gasteiger partial charge on any atom is -0.338 e. The summed E-state index contributed by atoms with van der Waals surface area (Å²) in [7, 11) is 0. The molecule has 8 aromatic carbocycles. The molecule has 0 amide bonds. The Balaban J connectivity index is 1.07. The van der Waals surface area contributed by atoms with Gasteiger partial charge in [0.2, 0.25) is 0 Å². The zero-order valence-corrected chi connectivity index (χ0v) is 32.2. The number of anilines is 4. The van der Waals surface area contributed by atoms with Gasteiger partial charge in [0.25, 0.3) is 0 Å². The van der Waals surface area contributed by atoms with E-state index in [9.17, 15) is 0 Å². The Morgan fingerprint density at radius 2 is 0.855 bits per heavy atom. The van der Waals surface area contributed by atoms with Crippen molar-refractivity contribution >= 4 is 33.5 Å². The summed E-state index contributed by atoms with van der Waals surface area (Å²) in [5, 5.41) is 2.52.